The van der Waals surface area contributed by atoms with Crippen LogP contribution in [0.5, 0.6) is 0 Å². The molecule has 6 heteroatoms. The fourth-order valence-electron chi connectivity index (χ4n) is 1.37. The second kappa shape index (κ2) is 5.96. The minimum atomic E-state index is -3.51. The van der Waals surface area contributed by atoms with Crippen molar-refractivity contribution >= 4 is 10.0 Å². The predicted octanol–water partition coefficient (Wildman–Crippen LogP) is 0.740. The van der Waals surface area contributed by atoms with Crippen molar-refractivity contribution in [3.63, 3.8) is 0 Å². The summed E-state index contributed by atoms with van der Waals surface area (Å²) in [7, 11) is 1.80. The van der Waals surface area contributed by atoms with Crippen LogP contribution in [-0.4, -0.2) is 51.9 Å². The number of sulfonamides is 1. The molecule has 0 saturated heterocycles. The first-order chi connectivity index (χ1) is 8.37. The molecule has 1 aromatic carbocycles. The van der Waals surface area contributed by atoms with Crippen molar-refractivity contribution < 1.29 is 8.42 Å². The van der Waals surface area contributed by atoms with Crippen LogP contribution in [0.25, 0.3) is 0 Å². The Kier molecular flexibility index (Phi) is 4.84. The third-order valence-corrected chi connectivity index (χ3v) is 4.39. The summed E-state index contributed by atoms with van der Waals surface area (Å²) >= 11 is 0. The van der Waals surface area contributed by atoms with Gasteiger partial charge in [0.15, 0.2) is 0 Å². The van der Waals surface area contributed by atoms with E-state index in [4.69, 9.17) is 5.26 Å². The van der Waals surface area contributed by atoms with Crippen LogP contribution < -0.4 is 0 Å². The number of nitriles is 1. The molecule has 18 heavy (non-hydrogen) atoms. The van der Waals surface area contributed by atoms with E-state index in [1.54, 1.807) is 12.1 Å². The van der Waals surface area contributed by atoms with Crippen molar-refractivity contribution in [3.8, 4) is 6.07 Å². The first-order valence-corrected chi connectivity index (χ1v) is 6.93. The fourth-order valence-corrected chi connectivity index (χ4v) is 2.58. The molecule has 0 atom stereocenters. The monoisotopic (exact) mass is 267 g/mol. The summed E-state index contributed by atoms with van der Waals surface area (Å²) in [5.74, 6) is 0. The van der Waals surface area contributed by atoms with Crippen LogP contribution in [0.15, 0.2) is 29.2 Å². The van der Waals surface area contributed by atoms with E-state index in [1.165, 1.54) is 23.5 Å². The molecule has 0 bridgehead atoms. The second-order valence-corrected chi connectivity index (χ2v) is 6.31. The SMILES string of the molecule is CN(C)CCN(C)S(=O)(=O)c1cccc(C#N)c1. The lowest BCUT2D eigenvalue weighted by molar-refractivity contribution is 0.358. The Bertz CT molecular complexity index is 547. The summed E-state index contributed by atoms with van der Waals surface area (Å²) in [6, 6.07) is 7.99. The van der Waals surface area contributed by atoms with Crippen LogP contribution >= 0.6 is 0 Å². The fraction of sp³-hybridized carbons (Fsp3) is 0.417. The summed E-state index contributed by atoms with van der Waals surface area (Å²) < 4.78 is 25.7. The van der Waals surface area contributed by atoms with Gasteiger partial charge in [0.25, 0.3) is 0 Å². The van der Waals surface area contributed by atoms with Crippen molar-refractivity contribution in [1.82, 2.24) is 9.21 Å². The van der Waals surface area contributed by atoms with E-state index in [1.807, 2.05) is 25.1 Å². The average Bonchev–Trinajstić information content (AvgIpc) is 2.35. The molecule has 0 heterocycles. The second-order valence-electron chi connectivity index (χ2n) is 4.27. The number of likely N-dealkylation sites (N-methyl/N-ethyl adjacent to an activating group) is 2. The molecule has 0 N–H and O–H groups in total. The maximum absolute atomic E-state index is 12.2. The van der Waals surface area contributed by atoms with Crippen molar-refractivity contribution in [1.29, 1.82) is 5.26 Å². The molecule has 1 rings (SSSR count). The van der Waals surface area contributed by atoms with Gasteiger partial charge in [-0.15, -0.1) is 0 Å². The Morgan fingerprint density at radius 1 is 1.22 bits per heavy atom. The maximum Gasteiger partial charge on any atom is 0.242 e. The molecule has 0 amide bonds. The minimum Gasteiger partial charge on any atom is -0.308 e. The number of benzene rings is 1. The molecule has 0 saturated carbocycles. The van der Waals surface area contributed by atoms with Gasteiger partial charge in [-0.1, -0.05) is 6.07 Å². The highest BCUT2D eigenvalue weighted by molar-refractivity contribution is 7.89. The Morgan fingerprint density at radius 2 is 1.89 bits per heavy atom. The van der Waals surface area contributed by atoms with Crippen molar-refractivity contribution in [2.75, 3.05) is 34.2 Å². The molecule has 0 fully saturated rings. The van der Waals surface area contributed by atoms with Gasteiger partial charge in [-0.05, 0) is 32.3 Å². The normalized spacial score (nSPS) is 11.8. The van der Waals surface area contributed by atoms with Gasteiger partial charge in [0.05, 0.1) is 16.5 Å². The van der Waals surface area contributed by atoms with Gasteiger partial charge in [0.2, 0.25) is 10.0 Å². The minimum absolute atomic E-state index is 0.155. The number of hydrogen-bond donors (Lipinski definition) is 0. The van der Waals surface area contributed by atoms with E-state index >= 15 is 0 Å². The molecule has 0 aromatic heterocycles. The standard InChI is InChI=1S/C12H17N3O2S/c1-14(2)7-8-15(3)18(16,17)12-6-4-5-11(9-12)10-13/h4-6,9H,7-8H2,1-3H3. The molecule has 0 aliphatic heterocycles. The predicted molar refractivity (Wildman–Crippen MR) is 69.5 cm³/mol. The van der Waals surface area contributed by atoms with E-state index in [0.29, 0.717) is 18.7 Å². The van der Waals surface area contributed by atoms with Gasteiger partial charge < -0.3 is 4.90 Å². The molecule has 0 aliphatic carbocycles. The van der Waals surface area contributed by atoms with E-state index in [9.17, 15) is 8.42 Å². The van der Waals surface area contributed by atoms with E-state index in [-0.39, 0.29) is 4.90 Å². The highest BCUT2D eigenvalue weighted by Crippen LogP contribution is 2.15. The molecule has 5 nitrogen and oxygen atoms in total. The smallest absolute Gasteiger partial charge is 0.242 e. The lowest BCUT2D eigenvalue weighted by Crippen LogP contribution is -2.33. The number of rotatable bonds is 5. The van der Waals surface area contributed by atoms with E-state index in [2.05, 4.69) is 0 Å². The lowest BCUT2D eigenvalue weighted by Gasteiger charge is -2.19. The number of nitrogens with zero attached hydrogens (tertiary/aromatic N) is 3. The largest absolute Gasteiger partial charge is 0.308 e. The molecular weight excluding hydrogens is 250 g/mol. The van der Waals surface area contributed by atoms with Gasteiger partial charge in [-0.3, -0.25) is 0 Å². The zero-order chi connectivity index (χ0) is 13.8. The number of hydrogen-bond acceptors (Lipinski definition) is 4. The summed E-state index contributed by atoms with van der Waals surface area (Å²) in [5, 5.41) is 8.78. The molecule has 0 spiro atoms. The van der Waals surface area contributed by atoms with Gasteiger partial charge in [0.1, 0.15) is 0 Å². The highest BCUT2D eigenvalue weighted by Gasteiger charge is 2.20. The summed E-state index contributed by atoms with van der Waals surface area (Å²) in [6.45, 7) is 1.06. The Balaban J connectivity index is 2.95. The van der Waals surface area contributed by atoms with Gasteiger partial charge in [-0.2, -0.15) is 9.57 Å². The molecule has 1 aromatic rings. The Labute approximate surface area is 108 Å². The summed E-state index contributed by atoms with van der Waals surface area (Å²) in [5.41, 5.74) is 0.345. The zero-order valence-corrected chi connectivity index (χ0v) is 11.6. The van der Waals surface area contributed by atoms with Crippen molar-refractivity contribution in [2.45, 2.75) is 4.90 Å². The third kappa shape index (κ3) is 3.53. The molecular formula is C12H17N3O2S. The molecule has 98 valence electrons. The van der Waals surface area contributed by atoms with E-state index in [0.717, 1.165) is 0 Å². The van der Waals surface area contributed by atoms with Gasteiger partial charge >= 0.3 is 0 Å². The van der Waals surface area contributed by atoms with Crippen molar-refractivity contribution in [3.05, 3.63) is 29.8 Å². The van der Waals surface area contributed by atoms with Crippen LogP contribution in [0.1, 0.15) is 5.56 Å². The third-order valence-electron chi connectivity index (χ3n) is 2.53. The first-order valence-electron chi connectivity index (χ1n) is 5.49. The summed E-state index contributed by atoms with van der Waals surface area (Å²) in [6.07, 6.45) is 0. The zero-order valence-electron chi connectivity index (χ0n) is 10.8. The van der Waals surface area contributed by atoms with Crippen LogP contribution in [0.2, 0.25) is 0 Å². The quantitative estimate of drug-likeness (QED) is 0.789. The molecule has 0 unspecified atom stereocenters. The first kappa shape index (κ1) is 14.6. The van der Waals surface area contributed by atoms with Crippen LogP contribution in [0.4, 0.5) is 0 Å². The molecule has 0 aliphatic rings. The lowest BCUT2D eigenvalue weighted by atomic mass is 10.2. The topological polar surface area (TPSA) is 64.4 Å². The van der Waals surface area contributed by atoms with E-state index < -0.39 is 10.0 Å². The Hall–Kier alpha value is -1.42. The highest BCUT2D eigenvalue weighted by atomic mass is 32.2. The van der Waals surface area contributed by atoms with Crippen LogP contribution in [0, 0.1) is 11.3 Å². The average molecular weight is 267 g/mol. The van der Waals surface area contributed by atoms with Gasteiger partial charge in [0, 0.05) is 20.1 Å². The molecule has 0 radical (unpaired) electrons. The Morgan fingerprint density at radius 3 is 2.44 bits per heavy atom. The maximum atomic E-state index is 12.2. The van der Waals surface area contributed by atoms with Crippen molar-refractivity contribution in [2.24, 2.45) is 0 Å². The summed E-state index contributed by atoms with van der Waals surface area (Å²) in [4.78, 5) is 2.07. The van der Waals surface area contributed by atoms with Crippen LogP contribution in [0.3, 0.4) is 0 Å². The van der Waals surface area contributed by atoms with Crippen LogP contribution in [-0.2, 0) is 10.0 Å². The van der Waals surface area contributed by atoms with Gasteiger partial charge in [-0.25, -0.2) is 8.42 Å².